The molecule has 1 atom stereocenters. The molecule has 30 heavy (non-hydrogen) atoms. The van der Waals surface area contributed by atoms with Crippen LogP contribution in [0.2, 0.25) is 0 Å². The zero-order chi connectivity index (χ0) is 20.3. The third kappa shape index (κ3) is 4.22. The lowest BCUT2D eigenvalue weighted by Gasteiger charge is -2.19. The van der Waals surface area contributed by atoms with Crippen molar-refractivity contribution in [3.8, 4) is 22.8 Å². The van der Waals surface area contributed by atoms with Crippen molar-refractivity contribution < 1.29 is 9.47 Å². The van der Waals surface area contributed by atoms with Gasteiger partial charge in [0.15, 0.2) is 0 Å². The summed E-state index contributed by atoms with van der Waals surface area (Å²) in [7, 11) is 2.11. The number of imidazole rings is 1. The second kappa shape index (κ2) is 8.30. The first-order chi connectivity index (χ1) is 14.7. The van der Waals surface area contributed by atoms with Crippen LogP contribution in [0.4, 0.5) is 0 Å². The lowest BCUT2D eigenvalue weighted by Crippen LogP contribution is -2.28. The van der Waals surface area contributed by atoms with Crippen molar-refractivity contribution in [1.82, 2.24) is 25.1 Å². The standard InChI is InChI=1S/C23H25N5O2/c1-28(14-19-3-2-12-29-19)15-23-25-21-9-8-18(13-22(21)26-23)30-17-6-4-16(5-7-17)20-10-11-24-27-20/h4-11,13,19H,2-3,12,14-15H2,1H3,(H,24,27)(H,25,26)/t19-/m0/s1. The molecule has 2 N–H and O–H groups in total. The summed E-state index contributed by atoms with van der Waals surface area (Å²) in [6.07, 6.45) is 4.40. The average molecular weight is 403 g/mol. The van der Waals surface area contributed by atoms with Crippen molar-refractivity contribution >= 4 is 11.0 Å². The van der Waals surface area contributed by atoms with Crippen LogP contribution < -0.4 is 4.74 Å². The minimum absolute atomic E-state index is 0.346. The molecule has 0 spiro atoms. The number of hydrogen-bond acceptors (Lipinski definition) is 5. The Labute approximate surface area is 175 Å². The molecule has 0 amide bonds. The Bertz CT molecular complexity index is 1100. The number of ether oxygens (including phenoxy) is 2. The smallest absolute Gasteiger partial charge is 0.129 e. The Kier molecular flexibility index (Phi) is 5.21. The third-order valence-corrected chi connectivity index (χ3v) is 5.36. The number of aromatic amines is 2. The zero-order valence-corrected chi connectivity index (χ0v) is 17.0. The van der Waals surface area contributed by atoms with Gasteiger partial charge >= 0.3 is 0 Å². The van der Waals surface area contributed by atoms with E-state index in [1.165, 1.54) is 0 Å². The summed E-state index contributed by atoms with van der Waals surface area (Å²) in [5.74, 6) is 2.50. The van der Waals surface area contributed by atoms with Crippen molar-refractivity contribution in [1.29, 1.82) is 0 Å². The van der Waals surface area contributed by atoms with Crippen LogP contribution in [0.3, 0.4) is 0 Å². The molecule has 4 aromatic rings. The maximum atomic E-state index is 6.03. The van der Waals surface area contributed by atoms with Gasteiger partial charge in [0, 0.05) is 25.4 Å². The Morgan fingerprint density at radius 1 is 1.13 bits per heavy atom. The molecule has 1 aliphatic rings. The SMILES string of the molecule is CN(Cc1nc2cc(Oc3ccc(-c4ccn[nH]4)cc3)ccc2[nH]1)C[C@@H]1CCCO1. The third-order valence-electron chi connectivity index (χ3n) is 5.36. The number of rotatable bonds is 7. The van der Waals surface area contributed by atoms with Gasteiger partial charge in [0.2, 0.25) is 0 Å². The first-order valence-electron chi connectivity index (χ1n) is 10.3. The fourth-order valence-electron chi connectivity index (χ4n) is 3.89. The largest absolute Gasteiger partial charge is 0.457 e. The van der Waals surface area contributed by atoms with Crippen molar-refractivity contribution in [2.45, 2.75) is 25.5 Å². The van der Waals surface area contributed by atoms with Gasteiger partial charge in [-0.1, -0.05) is 0 Å². The van der Waals surface area contributed by atoms with Crippen LogP contribution in [0.1, 0.15) is 18.7 Å². The highest BCUT2D eigenvalue weighted by molar-refractivity contribution is 5.77. The molecular formula is C23H25N5O2. The summed E-state index contributed by atoms with van der Waals surface area (Å²) in [5.41, 5.74) is 3.97. The van der Waals surface area contributed by atoms with E-state index in [1.807, 2.05) is 48.5 Å². The van der Waals surface area contributed by atoms with Crippen LogP contribution in [0.15, 0.2) is 54.7 Å². The molecule has 7 heteroatoms. The molecule has 0 radical (unpaired) electrons. The van der Waals surface area contributed by atoms with Crippen molar-refractivity contribution in [2.75, 3.05) is 20.2 Å². The fraction of sp³-hybridized carbons (Fsp3) is 0.304. The Morgan fingerprint density at radius 2 is 2.00 bits per heavy atom. The van der Waals surface area contributed by atoms with E-state index >= 15 is 0 Å². The van der Waals surface area contributed by atoms with Gasteiger partial charge in [-0.25, -0.2) is 4.98 Å². The van der Waals surface area contributed by atoms with Crippen LogP contribution in [-0.4, -0.2) is 51.4 Å². The van der Waals surface area contributed by atoms with Crippen molar-refractivity contribution in [3.63, 3.8) is 0 Å². The molecule has 0 unspecified atom stereocenters. The predicted molar refractivity (Wildman–Crippen MR) is 115 cm³/mol. The van der Waals surface area contributed by atoms with Gasteiger partial charge in [-0.3, -0.25) is 10.00 Å². The van der Waals surface area contributed by atoms with E-state index in [1.54, 1.807) is 6.20 Å². The van der Waals surface area contributed by atoms with Gasteiger partial charge < -0.3 is 14.5 Å². The highest BCUT2D eigenvalue weighted by Gasteiger charge is 2.18. The van der Waals surface area contributed by atoms with Gasteiger partial charge in [0.25, 0.3) is 0 Å². The van der Waals surface area contributed by atoms with Gasteiger partial charge in [-0.15, -0.1) is 0 Å². The summed E-state index contributed by atoms with van der Waals surface area (Å²) in [5, 5.41) is 6.95. The Hall–Kier alpha value is -3.16. The van der Waals surface area contributed by atoms with E-state index in [2.05, 4.69) is 27.1 Å². The van der Waals surface area contributed by atoms with Gasteiger partial charge in [0.05, 0.1) is 29.4 Å². The second-order valence-electron chi connectivity index (χ2n) is 7.79. The van der Waals surface area contributed by atoms with Crippen LogP contribution in [0, 0.1) is 0 Å². The average Bonchev–Trinajstić information content (AvgIpc) is 3.50. The van der Waals surface area contributed by atoms with Crippen LogP contribution in [0.5, 0.6) is 11.5 Å². The number of nitrogens with one attached hydrogen (secondary N) is 2. The van der Waals surface area contributed by atoms with E-state index in [4.69, 9.17) is 14.5 Å². The molecule has 0 saturated carbocycles. The summed E-state index contributed by atoms with van der Waals surface area (Å²) < 4.78 is 11.8. The molecule has 1 fully saturated rings. The Balaban J connectivity index is 1.25. The summed E-state index contributed by atoms with van der Waals surface area (Å²) in [6, 6.07) is 15.8. The monoisotopic (exact) mass is 403 g/mol. The van der Waals surface area contributed by atoms with Crippen LogP contribution in [0.25, 0.3) is 22.3 Å². The minimum Gasteiger partial charge on any atom is -0.457 e. The maximum Gasteiger partial charge on any atom is 0.129 e. The van der Waals surface area contributed by atoms with Crippen molar-refractivity contribution in [3.05, 3.63) is 60.6 Å². The summed E-state index contributed by atoms with van der Waals surface area (Å²) in [6.45, 7) is 2.58. The number of likely N-dealkylation sites (N-methyl/N-ethyl adjacent to an activating group) is 1. The zero-order valence-electron chi connectivity index (χ0n) is 17.0. The minimum atomic E-state index is 0.346. The maximum absolute atomic E-state index is 6.03. The second-order valence-corrected chi connectivity index (χ2v) is 7.79. The first kappa shape index (κ1) is 18.8. The predicted octanol–water partition coefficient (Wildman–Crippen LogP) is 4.36. The molecule has 3 heterocycles. The van der Waals surface area contributed by atoms with Gasteiger partial charge in [-0.05, 0) is 67.9 Å². The molecule has 5 rings (SSSR count). The van der Waals surface area contributed by atoms with Crippen LogP contribution in [-0.2, 0) is 11.3 Å². The molecule has 2 aromatic heterocycles. The van der Waals surface area contributed by atoms with E-state index in [9.17, 15) is 0 Å². The fourth-order valence-corrected chi connectivity index (χ4v) is 3.89. The summed E-state index contributed by atoms with van der Waals surface area (Å²) >= 11 is 0. The lowest BCUT2D eigenvalue weighted by molar-refractivity contribution is 0.0787. The molecule has 2 aromatic carbocycles. The number of fused-ring (bicyclic) bond motifs is 1. The number of nitrogens with zero attached hydrogens (tertiary/aromatic N) is 3. The first-order valence-corrected chi connectivity index (χ1v) is 10.3. The topological polar surface area (TPSA) is 79.1 Å². The molecule has 0 aliphatic carbocycles. The Morgan fingerprint density at radius 3 is 2.77 bits per heavy atom. The van der Waals surface area contributed by atoms with E-state index < -0.39 is 0 Å². The number of benzene rings is 2. The summed E-state index contributed by atoms with van der Waals surface area (Å²) in [4.78, 5) is 10.4. The van der Waals surface area contributed by atoms with E-state index in [-0.39, 0.29) is 0 Å². The number of H-pyrrole nitrogens is 2. The normalized spacial score (nSPS) is 16.5. The van der Waals surface area contributed by atoms with Crippen LogP contribution >= 0.6 is 0 Å². The number of aromatic nitrogens is 4. The van der Waals surface area contributed by atoms with Gasteiger partial charge in [-0.2, -0.15) is 5.10 Å². The lowest BCUT2D eigenvalue weighted by atomic mass is 10.1. The molecule has 1 aliphatic heterocycles. The molecule has 7 nitrogen and oxygen atoms in total. The van der Waals surface area contributed by atoms with E-state index in [0.717, 1.165) is 72.2 Å². The molecule has 0 bridgehead atoms. The van der Waals surface area contributed by atoms with Crippen molar-refractivity contribution in [2.24, 2.45) is 0 Å². The highest BCUT2D eigenvalue weighted by atomic mass is 16.5. The quantitative estimate of drug-likeness (QED) is 0.479. The number of hydrogen-bond donors (Lipinski definition) is 2. The molecule has 154 valence electrons. The molecular weight excluding hydrogens is 378 g/mol. The van der Waals surface area contributed by atoms with E-state index in [0.29, 0.717) is 6.10 Å². The molecule has 1 saturated heterocycles. The highest BCUT2D eigenvalue weighted by Crippen LogP contribution is 2.27. The van der Waals surface area contributed by atoms with Gasteiger partial charge in [0.1, 0.15) is 17.3 Å².